The topological polar surface area (TPSA) is 37.3 Å². The Morgan fingerprint density at radius 2 is 1.92 bits per heavy atom. The maximum atomic E-state index is 11.9. The fourth-order valence-corrected chi connectivity index (χ4v) is 7.66. The van der Waals surface area contributed by atoms with Gasteiger partial charge in [0.2, 0.25) is 0 Å². The molecule has 4 aliphatic carbocycles. The van der Waals surface area contributed by atoms with Gasteiger partial charge in [-0.25, -0.2) is 0 Å². The Bertz CT molecular complexity index is 564. The minimum Gasteiger partial charge on any atom is -0.396 e. The van der Waals surface area contributed by atoms with Crippen molar-refractivity contribution in [1.29, 1.82) is 0 Å². The van der Waals surface area contributed by atoms with Gasteiger partial charge in [-0.3, -0.25) is 4.79 Å². The first-order valence-electron chi connectivity index (χ1n) is 10.2. The molecule has 4 unspecified atom stereocenters. The smallest absolute Gasteiger partial charge is 0.155 e. The van der Waals surface area contributed by atoms with E-state index in [0.717, 1.165) is 37.0 Å². The SMILES string of the molecule is CC(CO)C1CCC2[C@@H]3CCC4=CC(=O)CC[C@]4(C)C3CC[C@]12C. The predicted molar refractivity (Wildman–Crippen MR) is 96.4 cm³/mol. The van der Waals surface area contributed by atoms with Gasteiger partial charge >= 0.3 is 0 Å². The van der Waals surface area contributed by atoms with Crippen LogP contribution < -0.4 is 0 Å². The highest BCUT2D eigenvalue weighted by molar-refractivity contribution is 5.91. The number of aliphatic hydroxyl groups excluding tert-OH is 1. The summed E-state index contributed by atoms with van der Waals surface area (Å²) in [6, 6.07) is 0. The van der Waals surface area contributed by atoms with Crippen molar-refractivity contribution < 1.29 is 9.90 Å². The van der Waals surface area contributed by atoms with E-state index in [1.54, 1.807) is 0 Å². The Balaban J connectivity index is 1.63. The molecule has 0 radical (unpaired) electrons. The lowest BCUT2D eigenvalue weighted by atomic mass is 9.46. The van der Waals surface area contributed by atoms with Crippen LogP contribution >= 0.6 is 0 Å². The molecule has 0 aromatic carbocycles. The molecule has 0 bridgehead atoms. The van der Waals surface area contributed by atoms with Gasteiger partial charge in [0.15, 0.2) is 5.78 Å². The van der Waals surface area contributed by atoms with Crippen LogP contribution in [0.4, 0.5) is 0 Å². The fraction of sp³-hybridized carbons (Fsp3) is 0.864. The van der Waals surface area contributed by atoms with Crippen molar-refractivity contribution >= 4 is 5.78 Å². The van der Waals surface area contributed by atoms with Gasteiger partial charge in [0.1, 0.15) is 0 Å². The van der Waals surface area contributed by atoms with Crippen molar-refractivity contribution in [2.75, 3.05) is 6.61 Å². The Kier molecular flexibility index (Phi) is 3.99. The molecular weight excluding hydrogens is 296 g/mol. The van der Waals surface area contributed by atoms with E-state index in [-0.39, 0.29) is 0 Å². The van der Waals surface area contributed by atoms with Crippen LogP contribution in [0.25, 0.3) is 0 Å². The monoisotopic (exact) mass is 330 g/mol. The van der Waals surface area contributed by atoms with Crippen LogP contribution in [0.5, 0.6) is 0 Å². The van der Waals surface area contributed by atoms with Gasteiger partial charge in [-0.1, -0.05) is 26.3 Å². The molecule has 0 aromatic heterocycles. The largest absolute Gasteiger partial charge is 0.396 e. The first kappa shape index (κ1) is 16.8. The van der Waals surface area contributed by atoms with E-state index in [0.29, 0.717) is 35.1 Å². The zero-order chi connectivity index (χ0) is 17.1. The molecular formula is C22H34O2. The molecule has 3 saturated carbocycles. The van der Waals surface area contributed by atoms with Crippen molar-refractivity contribution in [3.8, 4) is 0 Å². The van der Waals surface area contributed by atoms with Crippen LogP contribution in [0, 0.1) is 40.4 Å². The standard InChI is InChI=1S/C22H34O2/c1-14(13-23)18-6-7-19-17-5-4-15-12-16(24)8-10-21(15,2)20(17)9-11-22(18,19)3/h12,14,17-20,23H,4-11,13H2,1-3H3/t14?,17-,18?,19?,20?,21-,22+/m0/s1. The van der Waals surface area contributed by atoms with Gasteiger partial charge in [-0.2, -0.15) is 0 Å². The van der Waals surface area contributed by atoms with Crippen LogP contribution in [0.1, 0.15) is 72.1 Å². The van der Waals surface area contributed by atoms with Gasteiger partial charge in [-0.15, -0.1) is 0 Å². The predicted octanol–water partition coefficient (Wildman–Crippen LogP) is 4.76. The molecule has 7 atom stereocenters. The molecule has 1 N–H and O–H groups in total. The normalized spacial score (nSPS) is 49.0. The van der Waals surface area contributed by atoms with Crippen LogP contribution in [0.15, 0.2) is 11.6 Å². The summed E-state index contributed by atoms with van der Waals surface area (Å²) < 4.78 is 0. The lowest BCUT2D eigenvalue weighted by Gasteiger charge is -2.58. The maximum absolute atomic E-state index is 11.9. The molecule has 0 spiro atoms. The molecule has 0 aromatic rings. The molecule has 134 valence electrons. The molecule has 0 heterocycles. The zero-order valence-corrected chi connectivity index (χ0v) is 15.7. The van der Waals surface area contributed by atoms with Crippen molar-refractivity contribution in [2.45, 2.75) is 72.1 Å². The van der Waals surface area contributed by atoms with E-state index in [4.69, 9.17) is 0 Å². The van der Waals surface area contributed by atoms with Gasteiger partial charge in [0.25, 0.3) is 0 Å². The van der Waals surface area contributed by atoms with Crippen LogP contribution in [0.3, 0.4) is 0 Å². The molecule has 0 amide bonds. The van der Waals surface area contributed by atoms with Gasteiger partial charge < -0.3 is 5.11 Å². The summed E-state index contributed by atoms with van der Waals surface area (Å²) in [5.41, 5.74) is 2.20. The number of carbonyl (C=O) groups is 1. The Morgan fingerprint density at radius 3 is 2.67 bits per heavy atom. The molecule has 2 nitrogen and oxygen atoms in total. The highest BCUT2D eigenvalue weighted by atomic mass is 16.3. The second-order valence-electron chi connectivity index (χ2n) is 9.86. The average Bonchev–Trinajstić information content (AvgIpc) is 2.92. The summed E-state index contributed by atoms with van der Waals surface area (Å²) in [5.74, 6) is 3.97. The van der Waals surface area contributed by atoms with Crippen LogP contribution in [-0.2, 0) is 4.79 Å². The lowest BCUT2D eigenvalue weighted by molar-refractivity contribution is -0.117. The Labute approximate surface area is 147 Å². The van der Waals surface area contributed by atoms with E-state index in [2.05, 4.69) is 20.8 Å². The molecule has 0 saturated heterocycles. The van der Waals surface area contributed by atoms with Gasteiger partial charge in [0.05, 0.1) is 0 Å². The zero-order valence-electron chi connectivity index (χ0n) is 15.7. The Hall–Kier alpha value is -0.630. The van der Waals surface area contributed by atoms with Gasteiger partial charge in [0, 0.05) is 13.0 Å². The molecule has 4 rings (SSSR count). The summed E-state index contributed by atoms with van der Waals surface area (Å²) >= 11 is 0. The van der Waals surface area contributed by atoms with E-state index in [9.17, 15) is 9.90 Å². The van der Waals surface area contributed by atoms with E-state index < -0.39 is 0 Å². The summed E-state index contributed by atoms with van der Waals surface area (Å²) in [4.78, 5) is 11.9. The third-order valence-corrected chi connectivity index (χ3v) is 9.01. The maximum Gasteiger partial charge on any atom is 0.155 e. The van der Waals surface area contributed by atoms with Gasteiger partial charge in [-0.05, 0) is 91.4 Å². The van der Waals surface area contributed by atoms with Crippen molar-refractivity contribution in [3.05, 3.63) is 11.6 Å². The molecule has 24 heavy (non-hydrogen) atoms. The van der Waals surface area contributed by atoms with Crippen molar-refractivity contribution in [3.63, 3.8) is 0 Å². The number of aliphatic hydroxyl groups is 1. The van der Waals surface area contributed by atoms with Crippen molar-refractivity contribution in [2.24, 2.45) is 40.4 Å². The van der Waals surface area contributed by atoms with E-state index >= 15 is 0 Å². The van der Waals surface area contributed by atoms with E-state index in [1.807, 2.05) is 6.08 Å². The number of hydrogen-bond donors (Lipinski definition) is 1. The number of ketones is 1. The summed E-state index contributed by atoms with van der Waals surface area (Å²) in [7, 11) is 0. The molecule has 2 heteroatoms. The third kappa shape index (κ3) is 2.21. The van der Waals surface area contributed by atoms with Crippen LogP contribution in [-0.4, -0.2) is 17.5 Å². The average molecular weight is 331 g/mol. The number of allylic oxidation sites excluding steroid dienone is 1. The molecule has 4 aliphatic rings. The number of hydrogen-bond acceptors (Lipinski definition) is 2. The summed E-state index contributed by atoms with van der Waals surface area (Å²) in [5, 5.41) is 9.71. The second-order valence-corrected chi connectivity index (χ2v) is 9.86. The summed E-state index contributed by atoms with van der Waals surface area (Å²) in [6.45, 7) is 7.59. The lowest BCUT2D eigenvalue weighted by Crippen LogP contribution is -2.51. The molecule has 3 fully saturated rings. The second kappa shape index (κ2) is 5.69. The minimum atomic E-state index is 0.291. The fourth-order valence-electron chi connectivity index (χ4n) is 7.66. The van der Waals surface area contributed by atoms with Crippen molar-refractivity contribution in [1.82, 2.24) is 0 Å². The Morgan fingerprint density at radius 1 is 1.12 bits per heavy atom. The van der Waals surface area contributed by atoms with E-state index in [1.165, 1.54) is 37.7 Å². The first-order chi connectivity index (χ1) is 11.4. The summed E-state index contributed by atoms with van der Waals surface area (Å²) in [6.07, 6.45) is 11.6. The molecule has 0 aliphatic heterocycles. The van der Waals surface area contributed by atoms with Crippen LogP contribution in [0.2, 0.25) is 0 Å². The third-order valence-electron chi connectivity index (χ3n) is 9.01. The first-order valence-corrected chi connectivity index (χ1v) is 10.2. The number of rotatable bonds is 2. The highest BCUT2D eigenvalue weighted by Gasteiger charge is 2.59. The number of carbonyl (C=O) groups excluding carboxylic acids is 1. The highest BCUT2D eigenvalue weighted by Crippen LogP contribution is 2.67. The minimum absolute atomic E-state index is 0.291. The quantitative estimate of drug-likeness (QED) is 0.792. The number of fused-ring (bicyclic) bond motifs is 5.